The molecule has 5 heteroatoms. The number of aromatic nitrogens is 1. The van der Waals surface area contributed by atoms with E-state index in [4.69, 9.17) is 0 Å². The molecule has 0 fully saturated rings. The van der Waals surface area contributed by atoms with Gasteiger partial charge in [0.05, 0.1) is 12.1 Å². The highest BCUT2D eigenvalue weighted by molar-refractivity contribution is 7.98. The van der Waals surface area contributed by atoms with Crippen molar-refractivity contribution < 1.29 is 9.59 Å². The average Bonchev–Trinajstić information content (AvgIpc) is 2.53. The minimum atomic E-state index is -0.194. The number of hydrogen-bond acceptors (Lipinski definition) is 3. The fourth-order valence-electron chi connectivity index (χ4n) is 1.47. The largest absolute Gasteiger partial charge is 0.345 e. The first-order valence-electron chi connectivity index (χ1n) is 5.55. The highest BCUT2D eigenvalue weighted by Gasteiger charge is 2.15. The van der Waals surface area contributed by atoms with Crippen LogP contribution in [-0.4, -0.2) is 28.0 Å². The zero-order chi connectivity index (χ0) is 13.0. The SMILES string of the molecule is Cc1c(C(=O)NCC=O)cn(SC(C)C)c1C. The molecule has 0 saturated carbocycles. The molecule has 0 atom stereocenters. The third-order valence-corrected chi connectivity index (χ3v) is 3.47. The monoisotopic (exact) mass is 254 g/mol. The zero-order valence-electron chi connectivity index (χ0n) is 10.6. The zero-order valence-corrected chi connectivity index (χ0v) is 11.4. The van der Waals surface area contributed by atoms with Crippen molar-refractivity contribution in [2.45, 2.75) is 32.9 Å². The molecule has 1 heterocycles. The summed E-state index contributed by atoms with van der Waals surface area (Å²) in [6.07, 6.45) is 2.51. The van der Waals surface area contributed by atoms with Gasteiger partial charge in [-0.15, -0.1) is 0 Å². The van der Waals surface area contributed by atoms with E-state index < -0.39 is 0 Å². The van der Waals surface area contributed by atoms with Crippen molar-refractivity contribution in [3.8, 4) is 0 Å². The smallest absolute Gasteiger partial charge is 0.253 e. The first-order chi connectivity index (χ1) is 7.97. The van der Waals surface area contributed by atoms with Crippen molar-refractivity contribution >= 4 is 24.1 Å². The second-order valence-corrected chi connectivity index (χ2v) is 5.66. The maximum Gasteiger partial charge on any atom is 0.253 e. The van der Waals surface area contributed by atoms with E-state index in [1.54, 1.807) is 11.9 Å². The lowest BCUT2D eigenvalue weighted by atomic mass is 10.1. The van der Waals surface area contributed by atoms with E-state index in [0.29, 0.717) is 17.1 Å². The van der Waals surface area contributed by atoms with E-state index in [2.05, 4.69) is 19.2 Å². The maximum atomic E-state index is 11.8. The first-order valence-corrected chi connectivity index (χ1v) is 6.38. The quantitative estimate of drug-likeness (QED) is 0.817. The van der Waals surface area contributed by atoms with Crippen LogP contribution in [0.2, 0.25) is 0 Å². The van der Waals surface area contributed by atoms with Crippen molar-refractivity contribution in [3.63, 3.8) is 0 Å². The summed E-state index contributed by atoms with van der Waals surface area (Å²) in [5.74, 6) is -0.194. The average molecular weight is 254 g/mol. The van der Waals surface area contributed by atoms with Crippen molar-refractivity contribution in [2.24, 2.45) is 0 Å². The molecule has 4 nitrogen and oxygen atoms in total. The molecule has 1 N–H and O–H groups in total. The molecule has 1 rings (SSSR count). The Labute approximate surface area is 106 Å². The summed E-state index contributed by atoms with van der Waals surface area (Å²) >= 11 is 1.67. The van der Waals surface area contributed by atoms with E-state index >= 15 is 0 Å². The molecule has 1 amide bonds. The molecule has 0 saturated heterocycles. The predicted octanol–water partition coefficient (Wildman–Crippen LogP) is 1.94. The first kappa shape index (κ1) is 13.8. The van der Waals surface area contributed by atoms with E-state index in [0.717, 1.165) is 11.3 Å². The Morgan fingerprint density at radius 1 is 1.53 bits per heavy atom. The van der Waals surface area contributed by atoms with Gasteiger partial charge in [0, 0.05) is 17.1 Å². The summed E-state index contributed by atoms with van der Waals surface area (Å²) in [6.45, 7) is 8.17. The molecule has 0 aliphatic rings. The molecule has 17 heavy (non-hydrogen) atoms. The number of rotatable bonds is 5. The fraction of sp³-hybridized carbons (Fsp3) is 0.500. The second kappa shape index (κ2) is 5.91. The molecule has 0 aliphatic carbocycles. The van der Waals surface area contributed by atoms with Crippen molar-refractivity contribution in [3.05, 3.63) is 23.0 Å². The number of nitrogens with one attached hydrogen (secondary N) is 1. The lowest BCUT2D eigenvalue weighted by molar-refractivity contribution is -0.107. The van der Waals surface area contributed by atoms with Crippen LogP contribution < -0.4 is 5.32 Å². The van der Waals surface area contributed by atoms with Gasteiger partial charge in [0.1, 0.15) is 6.29 Å². The summed E-state index contributed by atoms with van der Waals surface area (Å²) in [5.41, 5.74) is 2.67. The Bertz CT molecular complexity index is 424. The standard InChI is InChI=1S/C12H18N2O2S/c1-8(2)17-14-7-11(9(3)10(14)4)12(16)13-5-6-15/h6-8H,5H2,1-4H3,(H,13,16). The molecular formula is C12H18N2O2S. The van der Waals surface area contributed by atoms with Gasteiger partial charge in [0.2, 0.25) is 0 Å². The van der Waals surface area contributed by atoms with Gasteiger partial charge in [-0.3, -0.25) is 8.77 Å². The van der Waals surface area contributed by atoms with E-state index in [1.807, 2.05) is 24.0 Å². The van der Waals surface area contributed by atoms with Gasteiger partial charge in [-0.1, -0.05) is 13.8 Å². The maximum absolute atomic E-state index is 11.8. The van der Waals surface area contributed by atoms with Gasteiger partial charge in [0.25, 0.3) is 5.91 Å². The van der Waals surface area contributed by atoms with Gasteiger partial charge in [-0.2, -0.15) is 0 Å². The van der Waals surface area contributed by atoms with Crippen LogP contribution in [0.3, 0.4) is 0 Å². The van der Waals surface area contributed by atoms with Crippen molar-refractivity contribution in [2.75, 3.05) is 6.54 Å². The molecule has 1 aromatic rings. The molecule has 0 unspecified atom stereocenters. The van der Waals surface area contributed by atoms with Crippen LogP contribution in [0.5, 0.6) is 0 Å². The Balaban J connectivity index is 2.93. The molecule has 0 aliphatic heterocycles. The summed E-state index contributed by atoms with van der Waals surface area (Å²) in [6, 6.07) is 0. The summed E-state index contributed by atoms with van der Waals surface area (Å²) in [5, 5.41) is 3.00. The van der Waals surface area contributed by atoms with Crippen LogP contribution in [0, 0.1) is 13.8 Å². The number of aldehydes is 1. The summed E-state index contributed by atoms with van der Waals surface area (Å²) in [4.78, 5) is 22.0. The van der Waals surface area contributed by atoms with Crippen LogP contribution in [-0.2, 0) is 4.79 Å². The van der Waals surface area contributed by atoms with Gasteiger partial charge in [0.15, 0.2) is 0 Å². The Morgan fingerprint density at radius 2 is 2.18 bits per heavy atom. The molecule has 0 aromatic carbocycles. The van der Waals surface area contributed by atoms with E-state index in [9.17, 15) is 9.59 Å². The van der Waals surface area contributed by atoms with E-state index in [-0.39, 0.29) is 12.5 Å². The predicted molar refractivity (Wildman–Crippen MR) is 70.4 cm³/mol. The Hall–Kier alpha value is -1.23. The van der Waals surface area contributed by atoms with Crippen LogP contribution in [0.25, 0.3) is 0 Å². The van der Waals surface area contributed by atoms with Crippen LogP contribution in [0.1, 0.15) is 35.5 Å². The Kier molecular flexibility index (Phi) is 4.81. The van der Waals surface area contributed by atoms with Crippen LogP contribution in [0.4, 0.5) is 0 Å². The van der Waals surface area contributed by atoms with Gasteiger partial charge < -0.3 is 10.1 Å². The van der Waals surface area contributed by atoms with Gasteiger partial charge in [-0.25, -0.2) is 0 Å². The van der Waals surface area contributed by atoms with Crippen LogP contribution in [0.15, 0.2) is 6.20 Å². The molecule has 0 radical (unpaired) electrons. The van der Waals surface area contributed by atoms with Gasteiger partial charge >= 0.3 is 0 Å². The molecule has 94 valence electrons. The summed E-state index contributed by atoms with van der Waals surface area (Å²) in [7, 11) is 0. The lowest BCUT2D eigenvalue weighted by Gasteiger charge is -2.07. The number of amides is 1. The third-order valence-electron chi connectivity index (χ3n) is 2.44. The second-order valence-electron chi connectivity index (χ2n) is 4.11. The molecule has 0 bridgehead atoms. The minimum absolute atomic E-state index is 0.0554. The highest BCUT2D eigenvalue weighted by Crippen LogP contribution is 2.23. The van der Waals surface area contributed by atoms with Gasteiger partial charge in [-0.05, 0) is 31.4 Å². The number of carbonyl (C=O) groups is 2. The molecular weight excluding hydrogens is 236 g/mol. The lowest BCUT2D eigenvalue weighted by Crippen LogP contribution is -2.25. The van der Waals surface area contributed by atoms with Crippen molar-refractivity contribution in [1.82, 2.24) is 9.29 Å². The molecule has 1 aromatic heterocycles. The molecule has 0 spiro atoms. The Morgan fingerprint density at radius 3 is 2.71 bits per heavy atom. The number of hydrogen-bond donors (Lipinski definition) is 1. The fourth-order valence-corrected chi connectivity index (χ4v) is 2.38. The third kappa shape index (κ3) is 3.36. The summed E-state index contributed by atoms with van der Waals surface area (Å²) < 4.78 is 2.01. The van der Waals surface area contributed by atoms with Crippen LogP contribution >= 0.6 is 11.9 Å². The van der Waals surface area contributed by atoms with Crippen molar-refractivity contribution in [1.29, 1.82) is 0 Å². The van der Waals surface area contributed by atoms with E-state index in [1.165, 1.54) is 0 Å². The normalized spacial score (nSPS) is 10.6. The minimum Gasteiger partial charge on any atom is -0.345 e. The highest BCUT2D eigenvalue weighted by atomic mass is 32.2. The number of carbonyl (C=O) groups excluding carboxylic acids is 2. The number of nitrogens with zero attached hydrogens (tertiary/aromatic N) is 1. The topological polar surface area (TPSA) is 51.1 Å².